The summed E-state index contributed by atoms with van der Waals surface area (Å²) in [4.78, 5) is 16.3. The molecule has 0 spiro atoms. The standard InChI is InChI=1S/C15H33N3O2/c1-6-10-16-14(15(19)20-5)9-13-18(7-2)12-8-11-17(3)4/h14,16H,6-13H2,1-5H3. The van der Waals surface area contributed by atoms with Crippen LogP contribution in [0.15, 0.2) is 0 Å². The molecular weight excluding hydrogens is 254 g/mol. The van der Waals surface area contributed by atoms with Crippen molar-refractivity contribution in [3.8, 4) is 0 Å². The van der Waals surface area contributed by atoms with E-state index in [-0.39, 0.29) is 12.0 Å². The van der Waals surface area contributed by atoms with Gasteiger partial charge in [0.2, 0.25) is 0 Å². The first kappa shape index (κ1) is 19.4. The summed E-state index contributed by atoms with van der Waals surface area (Å²) in [5.74, 6) is -0.150. The Bertz CT molecular complexity index is 247. The molecule has 0 saturated heterocycles. The summed E-state index contributed by atoms with van der Waals surface area (Å²) in [7, 11) is 5.65. The van der Waals surface area contributed by atoms with Gasteiger partial charge in [0.1, 0.15) is 6.04 Å². The van der Waals surface area contributed by atoms with E-state index >= 15 is 0 Å². The molecule has 0 amide bonds. The van der Waals surface area contributed by atoms with Crippen molar-refractivity contribution in [2.75, 3.05) is 53.9 Å². The number of esters is 1. The summed E-state index contributed by atoms with van der Waals surface area (Å²) in [5, 5.41) is 3.26. The number of carbonyl (C=O) groups is 1. The van der Waals surface area contributed by atoms with Crippen LogP contribution in [-0.4, -0.2) is 75.7 Å². The van der Waals surface area contributed by atoms with Crippen molar-refractivity contribution in [3.63, 3.8) is 0 Å². The first-order valence-corrected chi connectivity index (χ1v) is 7.73. The number of nitrogens with zero attached hydrogens (tertiary/aromatic N) is 2. The van der Waals surface area contributed by atoms with Gasteiger partial charge in [0.25, 0.3) is 0 Å². The van der Waals surface area contributed by atoms with Crippen LogP contribution < -0.4 is 5.32 Å². The molecule has 120 valence electrons. The third-order valence-electron chi connectivity index (χ3n) is 3.39. The number of nitrogens with one attached hydrogen (secondary N) is 1. The molecular formula is C15H33N3O2. The Morgan fingerprint density at radius 2 is 1.90 bits per heavy atom. The fourth-order valence-electron chi connectivity index (χ4n) is 2.11. The molecule has 0 aliphatic carbocycles. The molecule has 0 fully saturated rings. The number of ether oxygens (including phenoxy) is 1. The van der Waals surface area contributed by atoms with Gasteiger partial charge in [0, 0.05) is 6.54 Å². The van der Waals surface area contributed by atoms with Gasteiger partial charge < -0.3 is 19.9 Å². The Labute approximate surface area is 124 Å². The molecule has 0 aromatic rings. The van der Waals surface area contributed by atoms with Crippen molar-refractivity contribution in [1.82, 2.24) is 15.1 Å². The van der Waals surface area contributed by atoms with Crippen LogP contribution in [0.5, 0.6) is 0 Å². The van der Waals surface area contributed by atoms with Crippen LogP contribution in [0.1, 0.15) is 33.1 Å². The maximum absolute atomic E-state index is 11.7. The lowest BCUT2D eigenvalue weighted by atomic mass is 10.2. The molecule has 0 rings (SSSR count). The Balaban J connectivity index is 4.09. The molecule has 0 bridgehead atoms. The highest BCUT2D eigenvalue weighted by molar-refractivity contribution is 5.75. The van der Waals surface area contributed by atoms with E-state index in [0.717, 1.165) is 52.0 Å². The molecule has 0 heterocycles. The average molecular weight is 287 g/mol. The third-order valence-corrected chi connectivity index (χ3v) is 3.39. The van der Waals surface area contributed by atoms with Crippen LogP contribution in [-0.2, 0) is 9.53 Å². The van der Waals surface area contributed by atoms with Crippen LogP contribution in [0.2, 0.25) is 0 Å². The minimum absolute atomic E-state index is 0.150. The average Bonchev–Trinajstić information content (AvgIpc) is 2.44. The van der Waals surface area contributed by atoms with Crippen molar-refractivity contribution in [2.24, 2.45) is 0 Å². The Morgan fingerprint density at radius 1 is 1.20 bits per heavy atom. The zero-order valence-corrected chi connectivity index (χ0v) is 13.9. The van der Waals surface area contributed by atoms with Crippen LogP contribution in [0, 0.1) is 0 Å². The van der Waals surface area contributed by atoms with Gasteiger partial charge in [-0.1, -0.05) is 13.8 Å². The van der Waals surface area contributed by atoms with Gasteiger partial charge >= 0.3 is 5.97 Å². The maximum Gasteiger partial charge on any atom is 0.322 e. The summed E-state index contributed by atoms with van der Waals surface area (Å²) in [6.07, 6.45) is 2.99. The molecule has 5 nitrogen and oxygen atoms in total. The van der Waals surface area contributed by atoms with Gasteiger partial charge in [-0.2, -0.15) is 0 Å². The highest BCUT2D eigenvalue weighted by Crippen LogP contribution is 2.01. The Morgan fingerprint density at radius 3 is 2.40 bits per heavy atom. The van der Waals surface area contributed by atoms with Gasteiger partial charge in [0.05, 0.1) is 7.11 Å². The first-order valence-electron chi connectivity index (χ1n) is 7.73. The zero-order valence-electron chi connectivity index (χ0n) is 13.9. The predicted octanol–water partition coefficient (Wildman–Crippen LogP) is 1.19. The van der Waals surface area contributed by atoms with Crippen molar-refractivity contribution in [3.05, 3.63) is 0 Å². The second-order valence-electron chi connectivity index (χ2n) is 5.41. The first-order chi connectivity index (χ1) is 9.54. The summed E-state index contributed by atoms with van der Waals surface area (Å²) in [6.45, 7) is 9.26. The topological polar surface area (TPSA) is 44.8 Å². The predicted molar refractivity (Wildman–Crippen MR) is 84.0 cm³/mol. The normalized spacial score (nSPS) is 12.9. The lowest BCUT2D eigenvalue weighted by Gasteiger charge is -2.24. The number of carbonyl (C=O) groups excluding carboxylic acids is 1. The summed E-state index contributed by atoms with van der Waals surface area (Å²) in [5.41, 5.74) is 0. The minimum Gasteiger partial charge on any atom is -0.468 e. The second-order valence-corrected chi connectivity index (χ2v) is 5.41. The zero-order chi connectivity index (χ0) is 15.4. The van der Waals surface area contributed by atoms with Crippen LogP contribution in [0.3, 0.4) is 0 Å². The molecule has 1 atom stereocenters. The van der Waals surface area contributed by atoms with Crippen molar-refractivity contribution in [2.45, 2.75) is 39.2 Å². The molecule has 0 radical (unpaired) electrons. The minimum atomic E-state index is -0.178. The molecule has 0 aromatic carbocycles. The molecule has 1 unspecified atom stereocenters. The van der Waals surface area contributed by atoms with E-state index in [1.807, 2.05) is 0 Å². The third kappa shape index (κ3) is 9.28. The SMILES string of the molecule is CCCNC(CCN(CC)CCCN(C)C)C(=O)OC. The number of rotatable bonds is 12. The van der Waals surface area contributed by atoms with E-state index in [9.17, 15) is 4.79 Å². The van der Waals surface area contributed by atoms with Crippen LogP contribution >= 0.6 is 0 Å². The number of hydrogen-bond acceptors (Lipinski definition) is 5. The van der Waals surface area contributed by atoms with Crippen molar-refractivity contribution < 1.29 is 9.53 Å². The van der Waals surface area contributed by atoms with Gasteiger partial charge in [-0.25, -0.2) is 0 Å². The van der Waals surface area contributed by atoms with Crippen LogP contribution in [0.4, 0.5) is 0 Å². The monoisotopic (exact) mass is 287 g/mol. The fraction of sp³-hybridized carbons (Fsp3) is 0.933. The van der Waals surface area contributed by atoms with E-state index in [0.29, 0.717) is 0 Å². The summed E-state index contributed by atoms with van der Waals surface area (Å²) in [6, 6.07) is -0.178. The van der Waals surface area contributed by atoms with Gasteiger partial charge in [-0.3, -0.25) is 4.79 Å². The molecule has 0 aromatic heterocycles. The number of hydrogen-bond donors (Lipinski definition) is 1. The Kier molecular flexibility index (Phi) is 11.7. The largest absolute Gasteiger partial charge is 0.468 e. The molecule has 1 N–H and O–H groups in total. The lowest BCUT2D eigenvalue weighted by molar-refractivity contribution is -0.143. The van der Waals surface area contributed by atoms with E-state index in [2.05, 4.69) is 43.1 Å². The molecule has 20 heavy (non-hydrogen) atoms. The van der Waals surface area contributed by atoms with Gasteiger partial charge in [-0.15, -0.1) is 0 Å². The van der Waals surface area contributed by atoms with Crippen LogP contribution in [0.25, 0.3) is 0 Å². The van der Waals surface area contributed by atoms with Gasteiger partial charge in [0.15, 0.2) is 0 Å². The highest BCUT2D eigenvalue weighted by Gasteiger charge is 2.18. The smallest absolute Gasteiger partial charge is 0.322 e. The van der Waals surface area contributed by atoms with E-state index in [4.69, 9.17) is 4.74 Å². The molecule has 0 saturated carbocycles. The summed E-state index contributed by atoms with van der Waals surface area (Å²) < 4.78 is 4.86. The lowest BCUT2D eigenvalue weighted by Crippen LogP contribution is -2.41. The maximum atomic E-state index is 11.7. The van der Waals surface area contributed by atoms with E-state index in [1.54, 1.807) is 0 Å². The quantitative estimate of drug-likeness (QED) is 0.546. The number of methoxy groups -OCH3 is 1. The fourth-order valence-corrected chi connectivity index (χ4v) is 2.11. The highest BCUT2D eigenvalue weighted by atomic mass is 16.5. The summed E-state index contributed by atoms with van der Waals surface area (Å²) >= 11 is 0. The van der Waals surface area contributed by atoms with E-state index < -0.39 is 0 Å². The van der Waals surface area contributed by atoms with E-state index in [1.165, 1.54) is 7.11 Å². The van der Waals surface area contributed by atoms with Crippen molar-refractivity contribution >= 4 is 5.97 Å². The molecule has 0 aliphatic heterocycles. The molecule has 5 heteroatoms. The van der Waals surface area contributed by atoms with Gasteiger partial charge in [-0.05, 0) is 59.5 Å². The molecule has 0 aliphatic rings. The Hall–Kier alpha value is -0.650. The van der Waals surface area contributed by atoms with Crippen molar-refractivity contribution in [1.29, 1.82) is 0 Å². The second kappa shape index (κ2) is 12.1.